The molecule has 0 atom stereocenters. The van der Waals surface area contributed by atoms with Crippen molar-refractivity contribution < 1.29 is 9.21 Å². The zero-order valence-electron chi connectivity index (χ0n) is 13.2. The maximum absolute atomic E-state index is 12.3. The van der Waals surface area contributed by atoms with Crippen molar-refractivity contribution in [3.63, 3.8) is 0 Å². The minimum absolute atomic E-state index is 0.292. The molecule has 0 spiro atoms. The molecular weight excluding hydrogens is 288 g/mol. The van der Waals surface area contributed by atoms with E-state index in [0.29, 0.717) is 23.4 Å². The Balaban J connectivity index is 1.94. The highest BCUT2D eigenvalue weighted by Gasteiger charge is 2.10. The first-order chi connectivity index (χ1) is 11.1. The fourth-order valence-corrected chi connectivity index (χ4v) is 2.36. The van der Waals surface area contributed by atoms with Crippen molar-refractivity contribution in [3.05, 3.63) is 88.9 Å². The Morgan fingerprint density at radius 1 is 1.09 bits per heavy atom. The van der Waals surface area contributed by atoms with E-state index in [1.807, 2.05) is 29.0 Å². The van der Waals surface area contributed by atoms with Crippen LogP contribution in [0.5, 0.6) is 0 Å². The Labute approximate surface area is 134 Å². The van der Waals surface area contributed by atoms with Gasteiger partial charge in [-0.3, -0.25) is 4.79 Å². The summed E-state index contributed by atoms with van der Waals surface area (Å²) in [5, 5.41) is 0. The van der Waals surface area contributed by atoms with Crippen LogP contribution in [0.3, 0.4) is 0 Å². The van der Waals surface area contributed by atoms with Crippen molar-refractivity contribution in [3.8, 4) is 0 Å². The molecule has 0 N–H and O–H groups in total. The van der Waals surface area contributed by atoms with E-state index in [1.165, 1.54) is 11.8 Å². The summed E-state index contributed by atoms with van der Waals surface area (Å²) in [4.78, 5) is 16.5. The van der Waals surface area contributed by atoms with Crippen LogP contribution in [-0.4, -0.2) is 10.5 Å². The topological polar surface area (TPSA) is 47.5 Å². The average molecular weight is 306 g/mol. The van der Waals surface area contributed by atoms with E-state index in [1.54, 1.807) is 13.0 Å². The molecule has 1 amide bonds. The molecule has 0 radical (unpaired) electrons. The van der Waals surface area contributed by atoms with Gasteiger partial charge in [0.2, 0.25) is 0 Å². The minimum Gasteiger partial charge on any atom is -0.469 e. The zero-order valence-corrected chi connectivity index (χ0v) is 13.2. The van der Waals surface area contributed by atoms with Gasteiger partial charge in [-0.15, -0.1) is 0 Å². The quantitative estimate of drug-likeness (QED) is 0.743. The number of carbonyl (C=O) groups is 1. The van der Waals surface area contributed by atoms with Crippen molar-refractivity contribution >= 4 is 5.91 Å². The summed E-state index contributed by atoms with van der Waals surface area (Å²) >= 11 is 0. The number of hydrogen-bond acceptors (Lipinski definition) is 2. The third-order valence-electron chi connectivity index (χ3n) is 3.70. The van der Waals surface area contributed by atoms with E-state index in [-0.39, 0.29) is 5.91 Å². The number of amides is 1. The lowest BCUT2D eigenvalue weighted by Gasteiger charge is -2.07. The molecule has 3 aromatic rings. The van der Waals surface area contributed by atoms with Gasteiger partial charge in [0.15, 0.2) is 0 Å². The van der Waals surface area contributed by atoms with Crippen LogP contribution in [0.4, 0.5) is 0 Å². The van der Waals surface area contributed by atoms with Gasteiger partial charge in [-0.1, -0.05) is 35.9 Å². The van der Waals surface area contributed by atoms with Crippen molar-refractivity contribution in [2.45, 2.75) is 20.4 Å². The third kappa shape index (κ3) is 3.48. The third-order valence-corrected chi connectivity index (χ3v) is 3.70. The number of aromatic nitrogens is 1. The molecule has 0 aliphatic heterocycles. The Bertz CT molecular complexity index is 886. The lowest BCUT2D eigenvalue weighted by molar-refractivity contribution is 0.0995. The minimum atomic E-state index is -0.292. The first-order valence-corrected chi connectivity index (χ1v) is 7.47. The van der Waals surface area contributed by atoms with Crippen LogP contribution >= 0.6 is 0 Å². The molecule has 0 saturated heterocycles. The predicted octanol–water partition coefficient (Wildman–Crippen LogP) is 3.49. The number of rotatable bonds is 3. The molecule has 0 fully saturated rings. The molecule has 2 heterocycles. The Morgan fingerprint density at radius 2 is 1.87 bits per heavy atom. The molecule has 0 unspecified atom stereocenters. The van der Waals surface area contributed by atoms with Crippen LogP contribution in [0.2, 0.25) is 0 Å². The van der Waals surface area contributed by atoms with Crippen LogP contribution < -0.4 is 5.49 Å². The Hall–Kier alpha value is -2.88. The highest BCUT2D eigenvalue weighted by atomic mass is 16.3. The summed E-state index contributed by atoms with van der Waals surface area (Å²) in [6.07, 6.45) is 3.43. The predicted molar refractivity (Wildman–Crippen MR) is 88.1 cm³/mol. The van der Waals surface area contributed by atoms with Gasteiger partial charge in [-0.05, 0) is 37.6 Å². The number of pyridine rings is 1. The van der Waals surface area contributed by atoms with Crippen molar-refractivity contribution in [1.82, 2.24) is 4.57 Å². The van der Waals surface area contributed by atoms with E-state index >= 15 is 0 Å². The molecule has 0 saturated carbocycles. The smallest absolute Gasteiger partial charge is 0.282 e. The number of furan rings is 1. The fourth-order valence-electron chi connectivity index (χ4n) is 2.36. The lowest BCUT2D eigenvalue weighted by atomic mass is 10.1. The summed E-state index contributed by atoms with van der Waals surface area (Å²) < 4.78 is 7.13. The normalized spacial score (nSPS) is 11.7. The Morgan fingerprint density at radius 3 is 2.57 bits per heavy atom. The number of nitrogens with zero attached hydrogens (tertiary/aromatic N) is 2. The Kier molecular flexibility index (Phi) is 4.24. The molecular formula is C19H18N2O2. The van der Waals surface area contributed by atoms with Gasteiger partial charge in [0.1, 0.15) is 11.2 Å². The van der Waals surface area contributed by atoms with E-state index < -0.39 is 0 Å². The molecule has 0 aliphatic carbocycles. The van der Waals surface area contributed by atoms with E-state index in [0.717, 1.165) is 5.56 Å². The van der Waals surface area contributed by atoms with Crippen molar-refractivity contribution in [2.75, 3.05) is 0 Å². The number of benzene rings is 1. The first kappa shape index (κ1) is 15.0. The number of aryl methyl sites for hydroxylation is 2. The van der Waals surface area contributed by atoms with Crippen LogP contribution in [-0.2, 0) is 6.54 Å². The van der Waals surface area contributed by atoms with Crippen molar-refractivity contribution in [1.29, 1.82) is 0 Å². The molecule has 4 heteroatoms. The molecule has 1 aromatic carbocycles. The summed E-state index contributed by atoms with van der Waals surface area (Å²) in [5.41, 5.74) is 3.51. The highest BCUT2D eigenvalue weighted by Crippen LogP contribution is 2.09. The fraction of sp³-hybridized carbons (Fsp3) is 0.158. The van der Waals surface area contributed by atoms with E-state index in [9.17, 15) is 4.79 Å². The van der Waals surface area contributed by atoms with Gasteiger partial charge in [0, 0.05) is 12.7 Å². The maximum atomic E-state index is 12.3. The summed E-state index contributed by atoms with van der Waals surface area (Å²) in [6.45, 7) is 4.48. The second-order valence-electron chi connectivity index (χ2n) is 5.48. The average Bonchev–Trinajstić information content (AvgIpc) is 2.97. The second kappa shape index (κ2) is 6.48. The molecule has 23 heavy (non-hydrogen) atoms. The number of carbonyl (C=O) groups excluding carboxylic acids is 1. The van der Waals surface area contributed by atoms with E-state index in [2.05, 4.69) is 36.2 Å². The van der Waals surface area contributed by atoms with Gasteiger partial charge in [0.25, 0.3) is 5.91 Å². The molecule has 0 bridgehead atoms. The second-order valence-corrected chi connectivity index (χ2v) is 5.48. The van der Waals surface area contributed by atoms with Crippen LogP contribution in [0.1, 0.15) is 27.2 Å². The standard InChI is InChI=1S/C19H18N2O2/c1-14-6-8-16(9-7-14)13-21-11-4-3-5-18(21)20-19(22)17-10-12-23-15(17)2/h3-12H,13H2,1-2H3. The maximum Gasteiger partial charge on any atom is 0.282 e. The van der Waals surface area contributed by atoms with E-state index in [4.69, 9.17) is 4.42 Å². The van der Waals surface area contributed by atoms with Gasteiger partial charge < -0.3 is 8.98 Å². The lowest BCUT2D eigenvalue weighted by Crippen LogP contribution is -2.22. The van der Waals surface area contributed by atoms with Crippen molar-refractivity contribution in [2.24, 2.45) is 4.99 Å². The van der Waals surface area contributed by atoms with Crippen LogP contribution in [0, 0.1) is 13.8 Å². The van der Waals surface area contributed by atoms with Gasteiger partial charge >= 0.3 is 0 Å². The molecule has 0 aliphatic rings. The zero-order chi connectivity index (χ0) is 16.2. The SMILES string of the molecule is Cc1ccc(Cn2ccccc2=NC(=O)c2ccoc2C)cc1. The largest absolute Gasteiger partial charge is 0.469 e. The number of hydrogen-bond donors (Lipinski definition) is 0. The molecule has 2 aromatic heterocycles. The molecule has 4 nitrogen and oxygen atoms in total. The summed E-state index contributed by atoms with van der Waals surface area (Å²) in [7, 11) is 0. The van der Waals surface area contributed by atoms with Crippen LogP contribution in [0.25, 0.3) is 0 Å². The van der Waals surface area contributed by atoms with Gasteiger partial charge in [-0.2, -0.15) is 4.99 Å². The molecule has 3 rings (SSSR count). The van der Waals surface area contributed by atoms with Gasteiger partial charge in [-0.25, -0.2) is 0 Å². The highest BCUT2D eigenvalue weighted by molar-refractivity contribution is 5.95. The van der Waals surface area contributed by atoms with Gasteiger partial charge in [0.05, 0.1) is 11.8 Å². The first-order valence-electron chi connectivity index (χ1n) is 7.47. The molecule has 116 valence electrons. The summed E-state index contributed by atoms with van der Waals surface area (Å²) in [6, 6.07) is 15.6. The van der Waals surface area contributed by atoms with Crippen LogP contribution in [0.15, 0.2) is 70.4 Å². The summed E-state index contributed by atoms with van der Waals surface area (Å²) in [5.74, 6) is 0.292. The monoisotopic (exact) mass is 306 g/mol.